The Morgan fingerprint density at radius 3 is 2.27 bits per heavy atom. The normalized spacial score (nSPS) is 18.6. The van der Waals surface area contributed by atoms with Crippen molar-refractivity contribution in [2.75, 3.05) is 19.7 Å². The number of unbranched alkanes of at least 4 members (excludes halogenated alkanes) is 2. The van der Waals surface area contributed by atoms with E-state index in [0.717, 1.165) is 38.8 Å². The van der Waals surface area contributed by atoms with Crippen LogP contribution in [0.2, 0.25) is 0 Å². The Morgan fingerprint density at radius 1 is 1.13 bits per heavy atom. The van der Waals surface area contributed by atoms with Crippen LogP contribution in [-0.4, -0.2) is 24.6 Å². The van der Waals surface area contributed by atoms with Crippen LogP contribution in [0, 0.1) is 6.23 Å². The fourth-order valence-corrected chi connectivity index (χ4v) is 1.70. The first-order valence-electron chi connectivity index (χ1n) is 6.28. The lowest BCUT2D eigenvalue weighted by Crippen LogP contribution is -2.34. The van der Waals surface area contributed by atoms with Gasteiger partial charge in [0, 0.05) is 19.5 Å². The number of hydrogen-bond donors (Lipinski definition) is 0. The van der Waals surface area contributed by atoms with E-state index in [1.165, 1.54) is 25.7 Å². The van der Waals surface area contributed by atoms with Crippen LogP contribution >= 0.6 is 0 Å². The molecule has 0 saturated carbocycles. The molecule has 0 amide bonds. The van der Waals surface area contributed by atoms with Gasteiger partial charge in [-0.3, -0.25) is 4.90 Å². The number of hydrogen-bond acceptors (Lipinski definition) is 3. The summed E-state index contributed by atoms with van der Waals surface area (Å²) < 4.78 is 0. The van der Waals surface area contributed by atoms with Crippen molar-refractivity contribution in [1.29, 1.82) is 0 Å². The van der Waals surface area contributed by atoms with Crippen molar-refractivity contribution in [1.82, 2.24) is 4.90 Å². The molecule has 0 N–H and O–H groups in total. The first-order chi connectivity index (χ1) is 7.38. The van der Waals surface area contributed by atoms with E-state index in [-0.39, 0.29) is 0 Å². The van der Waals surface area contributed by atoms with Gasteiger partial charge in [-0.1, -0.05) is 26.7 Å². The Hall–Kier alpha value is -0.120. The molecule has 1 aliphatic rings. The average Bonchev–Trinajstić information content (AvgIpc) is 2.30. The summed E-state index contributed by atoms with van der Waals surface area (Å²) in [5.41, 5.74) is 0. The first-order valence-corrected chi connectivity index (χ1v) is 6.28. The molecule has 0 spiro atoms. The van der Waals surface area contributed by atoms with E-state index in [9.17, 15) is 0 Å². The Kier molecular flexibility index (Phi) is 6.98. The minimum atomic E-state index is 0.735. The lowest BCUT2D eigenvalue weighted by molar-refractivity contribution is -0.327. The average molecular weight is 214 g/mol. The number of rotatable bonds is 7. The maximum absolute atomic E-state index is 5.28. The fourth-order valence-electron chi connectivity index (χ4n) is 1.70. The maximum Gasteiger partial charge on any atom is 0.202 e. The lowest BCUT2D eigenvalue weighted by Gasteiger charge is -2.31. The van der Waals surface area contributed by atoms with Crippen molar-refractivity contribution in [2.45, 2.75) is 52.4 Å². The minimum Gasteiger partial charge on any atom is -0.269 e. The van der Waals surface area contributed by atoms with Crippen molar-refractivity contribution >= 4 is 0 Å². The molecule has 1 radical (unpaired) electrons. The summed E-state index contributed by atoms with van der Waals surface area (Å²) in [6.45, 7) is 7.39. The molecule has 15 heavy (non-hydrogen) atoms. The van der Waals surface area contributed by atoms with Gasteiger partial charge in [-0.2, -0.15) is 0 Å². The van der Waals surface area contributed by atoms with E-state index in [1.807, 2.05) is 0 Å². The summed E-state index contributed by atoms with van der Waals surface area (Å²) in [6, 6.07) is 0. The van der Waals surface area contributed by atoms with Gasteiger partial charge < -0.3 is 0 Å². The van der Waals surface area contributed by atoms with E-state index in [1.54, 1.807) is 0 Å². The van der Waals surface area contributed by atoms with Crippen LogP contribution in [0.15, 0.2) is 0 Å². The zero-order chi connectivity index (χ0) is 10.9. The van der Waals surface area contributed by atoms with Crippen molar-refractivity contribution in [3.63, 3.8) is 0 Å². The molecule has 1 saturated heterocycles. The molecule has 3 nitrogen and oxygen atoms in total. The van der Waals surface area contributed by atoms with Gasteiger partial charge in [0.1, 0.15) is 0 Å². The zero-order valence-corrected chi connectivity index (χ0v) is 10.1. The van der Waals surface area contributed by atoms with Crippen LogP contribution in [0.5, 0.6) is 0 Å². The number of nitrogens with zero attached hydrogens (tertiary/aromatic N) is 1. The van der Waals surface area contributed by atoms with Gasteiger partial charge in [-0.05, 0) is 19.3 Å². The fraction of sp³-hybridized carbons (Fsp3) is 0.917. The van der Waals surface area contributed by atoms with E-state index in [0.29, 0.717) is 0 Å². The standard InChI is InChI=1S/C12H24NO2/c1-3-5-9-13(10-6-4-2)12-8-7-11-14-15-12/h3-11H2,1-2H3. The highest BCUT2D eigenvalue weighted by atomic mass is 17.2. The third-order valence-electron chi connectivity index (χ3n) is 2.69. The summed E-state index contributed by atoms with van der Waals surface area (Å²) in [5.74, 6) is 0. The van der Waals surface area contributed by atoms with Gasteiger partial charge in [0.15, 0.2) is 0 Å². The van der Waals surface area contributed by atoms with Gasteiger partial charge in [0.25, 0.3) is 0 Å². The third-order valence-corrected chi connectivity index (χ3v) is 2.69. The Balaban J connectivity index is 2.30. The Bertz CT molecular complexity index is 139. The highest BCUT2D eigenvalue weighted by molar-refractivity contribution is 4.80. The summed E-state index contributed by atoms with van der Waals surface area (Å²) in [5, 5.41) is 0. The highest BCUT2D eigenvalue weighted by Gasteiger charge is 2.23. The first kappa shape index (κ1) is 12.9. The molecule has 3 heteroatoms. The summed E-state index contributed by atoms with van der Waals surface area (Å²) >= 11 is 0. The molecule has 1 heterocycles. The SMILES string of the molecule is CCCCN(CCCC)[C]1CCCOO1. The summed E-state index contributed by atoms with van der Waals surface area (Å²) in [7, 11) is 0. The highest BCUT2D eigenvalue weighted by Crippen LogP contribution is 2.22. The van der Waals surface area contributed by atoms with Crippen molar-refractivity contribution in [3.05, 3.63) is 6.23 Å². The third kappa shape index (κ3) is 4.96. The molecule has 0 aliphatic carbocycles. The van der Waals surface area contributed by atoms with Crippen molar-refractivity contribution in [3.8, 4) is 0 Å². The second-order valence-corrected chi connectivity index (χ2v) is 4.10. The quantitative estimate of drug-likeness (QED) is 0.608. The van der Waals surface area contributed by atoms with Gasteiger partial charge >= 0.3 is 0 Å². The second kappa shape index (κ2) is 8.08. The van der Waals surface area contributed by atoms with Crippen LogP contribution in [0.3, 0.4) is 0 Å². The van der Waals surface area contributed by atoms with E-state index in [2.05, 4.69) is 18.7 Å². The van der Waals surface area contributed by atoms with Crippen LogP contribution in [0.25, 0.3) is 0 Å². The largest absolute Gasteiger partial charge is 0.269 e. The zero-order valence-electron chi connectivity index (χ0n) is 10.1. The molecular weight excluding hydrogens is 190 g/mol. The van der Waals surface area contributed by atoms with E-state index in [4.69, 9.17) is 9.78 Å². The molecule has 0 aromatic rings. The molecule has 0 aromatic carbocycles. The summed E-state index contributed by atoms with van der Waals surface area (Å²) in [6.07, 6.45) is 8.10. The van der Waals surface area contributed by atoms with Crippen LogP contribution < -0.4 is 0 Å². The second-order valence-electron chi connectivity index (χ2n) is 4.10. The molecule has 0 bridgehead atoms. The van der Waals surface area contributed by atoms with Crippen molar-refractivity contribution < 1.29 is 9.78 Å². The Labute approximate surface area is 93.7 Å². The van der Waals surface area contributed by atoms with Gasteiger partial charge in [0.05, 0.1) is 6.61 Å². The molecule has 1 fully saturated rings. The molecular formula is C12H24NO2. The van der Waals surface area contributed by atoms with Gasteiger partial charge in [0.2, 0.25) is 6.23 Å². The molecule has 1 rings (SSSR count). The summed E-state index contributed by atoms with van der Waals surface area (Å²) in [4.78, 5) is 12.7. The van der Waals surface area contributed by atoms with E-state index >= 15 is 0 Å². The molecule has 0 unspecified atom stereocenters. The molecule has 0 atom stereocenters. The smallest absolute Gasteiger partial charge is 0.202 e. The molecule has 89 valence electrons. The lowest BCUT2D eigenvalue weighted by atomic mass is 10.2. The van der Waals surface area contributed by atoms with Crippen molar-refractivity contribution in [2.24, 2.45) is 0 Å². The van der Waals surface area contributed by atoms with Crippen LogP contribution in [-0.2, 0) is 9.78 Å². The van der Waals surface area contributed by atoms with E-state index < -0.39 is 0 Å². The molecule has 0 aromatic heterocycles. The maximum atomic E-state index is 5.28. The minimum absolute atomic E-state index is 0.735. The topological polar surface area (TPSA) is 21.7 Å². The predicted octanol–water partition coefficient (Wildman–Crippen LogP) is 3.12. The monoisotopic (exact) mass is 214 g/mol. The van der Waals surface area contributed by atoms with Crippen LogP contribution in [0.1, 0.15) is 52.4 Å². The predicted molar refractivity (Wildman–Crippen MR) is 60.9 cm³/mol. The Morgan fingerprint density at radius 2 is 1.80 bits per heavy atom. The van der Waals surface area contributed by atoms with Gasteiger partial charge in [-0.15, -0.1) is 0 Å². The van der Waals surface area contributed by atoms with Gasteiger partial charge in [-0.25, -0.2) is 9.78 Å². The molecule has 1 aliphatic heterocycles. The van der Waals surface area contributed by atoms with Crippen LogP contribution in [0.4, 0.5) is 0 Å².